The maximum absolute atomic E-state index is 13.4. The number of nitrogen functional groups attached to an aromatic ring is 1. The van der Waals surface area contributed by atoms with Crippen LogP contribution in [0.25, 0.3) is 0 Å². The van der Waals surface area contributed by atoms with Crippen LogP contribution in [0.2, 0.25) is 0 Å². The van der Waals surface area contributed by atoms with Gasteiger partial charge in [0.2, 0.25) is 17.7 Å². The lowest BCUT2D eigenvalue weighted by molar-refractivity contribution is -0.128. The Morgan fingerprint density at radius 1 is 0.826 bits per heavy atom. The Kier molecular flexibility index (Phi) is 30.6. The molecule has 2 atom stereocenters. The molecule has 0 aromatic heterocycles. The standard InChI is InChI=1S/C21H25F3N2O3.C17H17F2N3O2.C10H14FNO.H2O2S/c1-3-20(27)26-19(13-15-11-16(23)14-17(24)12-15)21(28)25-10-6-8-18(29-2)7-4-5-9-22;18-12-5-11(6-13(19)8-12)7-14(10-23)22-17(24)9-21-16-4-2-1-3-15(16)20;1-12(8-7-11)9-3-5-10(13-2)6-4-9;1-3-2/h4,6-8,10-12,14,19H,3,5,9,13H2,1-2H3,(H,25,28)(H,26,27);1-6,8,10,14,21H,7,9,20H2,(H,22,24);3-6H,7-8H2,1-2H3;1-2H/b7-4-,10-6+,18-8+;;;/t;14-;;/m.0../s1. The molecule has 0 aliphatic rings. The summed E-state index contributed by atoms with van der Waals surface area (Å²) in [7, 11) is 4.94. The zero-order valence-electron chi connectivity index (χ0n) is 38.4. The van der Waals surface area contributed by atoms with Crippen LogP contribution in [0.5, 0.6) is 5.75 Å². The Labute approximate surface area is 402 Å². The summed E-state index contributed by atoms with van der Waals surface area (Å²) in [6.07, 6.45) is 8.45. The summed E-state index contributed by atoms with van der Waals surface area (Å²) in [6.45, 7) is 1.16. The summed E-state index contributed by atoms with van der Waals surface area (Å²) in [6, 6.07) is 18.5. The molecule has 376 valence electrons. The van der Waals surface area contributed by atoms with Crippen LogP contribution in [-0.2, 0) is 36.8 Å². The molecule has 0 aliphatic heterocycles. The average molecular weight is 993 g/mol. The Bertz CT molecular complexity index is 2220. The van der Waals surface area contributed by atoms with E-state index < -0.39 is 53.8 Å². The number of allylic oxidation sites excluding steroid dienone is 4. The molecule has 14 nitrogen and oxygen atoms in total. The number of rotatable bonds is 22. The van der Waals surface area contributed by atoms with Gasteiger partial charge in [-0.3, -0.25) is 18.8 Å². The fraction of sp³-hybridized carbons (Fsp3) is 0.292. The fourth-order valence-corrected chi connectivity index (χ4v) is 5.60. The first kappa shape index (κ1) is 60.0. The highest BCUT2D eigenvalue weighted by Gasteiger charge is 2.21. The molecule has 4 rings (SSSR count). The van der Waals surface area contributed by atoms with E-state index in [9.17, 15) is 45.5 Å². The van der Waals surface area contributed by atoms with Crippen LogP contribution in [0.15, 0.2) is 121 Å². The van der Waals surface area contributed by atoms with Gasteiger partial charge in [0.1, 0.15) is 53.8 Å². The molecule has 0 heterocycles. The molecule has 0 fully saturated rings. The van der Waals surface area contributed by atoms with Gasteiger partial charge in [0, 0.05) is 50.5 Å². The lowest BCUT2D eigenvalue weighted by Crippen LogP contribution is -2.46. The smallest absolute Gasteiger partial charge is 0.246 e. The SMILES string of the molecule is CCC(=O)NC(Cc1cc(F)cc(F)c1)C(=O)N/C=C/C=C(\C=C/CCF)OC.COc1ccc(N(C)CCF)cc1.Nc1ccccc1NCC(=O)N[C@H](C=O)Cc1cc(F)cc(F)c1.OSO. The minimum atomic E-state index is -1.01. The van der Waals surface area contributed by atoms with E-state index >= 15 is 0 Å². The van der Waals surface area contributed by atoms with Crippen molar-refractivity contribution >= 4 is 53.4 Å². The van der Waals surface area contributed by atoms with Crippen molar-refractivity contribution in [2.75, 3.05) is 63.7 Å². The van der Waals surface area contributed by atoms with E-state index in [2.05, 4.69) is 21.3 Å². The number of para-hydroxylation sites is 2. The van der Waals surface area contributed by atoms with Crippen molar-refractivity contribution in [2.45, 2.75) is 44.7 Å². The van der Waals surface area contributed by atoms with Gasteiger partial charge in [0.25, 0.3) is 0 Å². The van der Waals surface area contributed by atoms with Crippen molar-refractivity contribution < 1.29 is 64.1 Å². The molecule has 0 saturated heterocycles. The molecule has 0 spiro atoms. The Morgan fingerprint density at radius 3 is 1.91 bits per heavy atom. The van der Waals surface area contributed by atoms with E-state index in [1.54, 1.807) is 56.5 Å². The number of methoxy groups -OCH3 is 2. The van der Waals surface area contributed by atoms with Crippen molar-refractivity contribution in [1.29, 1.82) is 0 Å². The third-order valence-corrected chi connectivity index (χ3v) is 8.93. The maximum atomic E-state index is 13.4. The van der Waals surface area contributed by atoms with Crippen LogP contribution >= 0.6 is 12.3 Å². The van der Waals surface area contributed by atoms with Crippen LogP contribution in [0.1, 0.15) is 30.9 Å². The summed E-state index contributed by atoms with van der Waals surface area (Å²) in [5.74, 6) is -3.08. The minimum Gasteiger partial charge on any atom is -0.497 e. The van der Waals surface area contributed by atoms with Crippen LogP contribution in [0.3, 0.4) is 0 Å². The molecule has 8 N–H and O–H groups in total. The Hall–Kier alpha value is -6.97. The number of hydrogen-bond donors (Lipinski definition) is 7. The number of nitrogens with zero attached hydrogens (tertiary/aromatic N) is 1. The number of hydrogen-bond acceptors (Lipinski definition) is 12. The second kappa shape index (κ2) is 35.2. The largest absolute Gasteiger partial charge is 0.497 e. The summed E-state index contributed by atoms with van der Waals surface area (Å²) in [4.78, 5) is 49.0. The number of carbonyl (C=O) groups excluding carboxylic acids is 4. The summed E-state index contributed by atoms with van der Waals surface area (Å²) < 4.78 is 101. The van der Waals surface area contributed by atoms with Gasteiger partial charge in [-0.2, -0.15) is 0 Å². The normalized spacial score (nSPS) is 11.6. The van der Waals surface area contributed by atoms with Crippen LogP contribution in [0, 0.1) is 23.3 Å². The number of nitrogens with two attached hydrogens (primary N) is 1. The molecule has 4 aromatic rings. The lowest BCUT2D eigenvalue weighted by Gasteiger charge is -2.17. The molecule has 0 aliphatic carbocycles. The molecule has 21 heteroatoms. The summed E-state index contributed by atoms with van der Waals surface area (Å²) >= 11 is -0.250. The number of amides is 3. The lowest BCUT2D eigenvalue weighted by atomic mass is 10.0. The zero-order chi connectivity index (χ0) is 51.6. The molecule has 0 saturated carbocycles. The van der Waals surface area contributed by atoms with Gasteiger partial charge in [-0.25, -0.2) is 22.0 Å². The molecular formula is C48H58F6N6O8S. The first-order valence-corrected chi connectivity index (χ1v) is 21.6. The highest BCUT2D eigenvalue weighted by molar-refractivity contribution is 7.87. The minimum absolute atomic E-state index is 0.00258. The molecular weight excluding hydrogens is 935 g/mol. The fourth-order valence-electron chi connectivity index (χ4n) is 5.60. The number of anilines is 3. The molecule has 0 bridgehead atoms. The summed E-state index contributed by atoms with van der Waals surface area (Å²) in [5.41, 5.74) is 8.36. The van der Waals surface area contributed by atoms with Gasteiger partial charge in [-0.05, 0) is 103 Å². The van der Waals surface area contributed by atoms with Gasteiger partial charge in [0.05, 0.1) is 44.9 Å². The summed E-state index contributed by atoms with van der Waals surface area (Å²) in [5, 5.41) is 10.4. The van der Waals surface area contributed by atoms with E-state index in [-0.39, 0.29) is 68.3 Å². The first-order valence-electron chi connectivity index (χ1n) is 20.9. The van der Waals surface area contributed by atoms with Crippen molar-refractivity contribution in [3.05, 3.63) is 156 Å². The van der Waals surface area contributed by atoms with Gasteiger partial charge < -0.3 is 55.3 Å². The monoisotopic (exact) mass is 992 g/mol. The quantitative estimate of drug-likeness (QED) is 0.00996. The molecule has 0 radical (unpaired) electrons. The topological polar surface area (TPSA) is 205 Å². The van der Waals surface area contributed by atoms with E-state index in [0.29, 0.717) is 30.0 Å². The Morgan fingerprint density at radius 2 is 1.41 bits per heavy atom. The second-order valence-electron chi connectivity index (χ2n) is 14.1. The molecule has 69 heavy (non-hydrogen) atoms. The van der Waals surface area contributed by atoms with E-state index in [1.807, 2.05) is 36.2 Å². The van der Waals surface area contributed by atoms with Crippen molar-refractivity contribution in [3.8, 4) is 5.75 Å². The number of aldehydes is 1. The number of carbonyl (C=O) groups is 4. The molecule has 1 unspecified atom stereocenters. The predicted molar refractivity (Wildman–Crippen MR) is 257 cm³/mol. The van der Waals surface area contributed by atoms with Crippen LogP contribution in [0.4, 0.5) is 43.4 Å². The second-order valence-corrected chi connectivity index (χ2v) is 14.3. The highest BCUT2D eigenvalue weighted by atomic mass is 32.2. The first-order chi connectivity index (χ1) is 33.0. The van der Waals surface area contributed by atoms with Gasteiger partial charge in [-0.15, -0.1) is 0 Å². The number of ether oxygens (including phenoxy) is 2. The van der Waals surface area contributed by atoms with Gasteiger partial charge >= 0.3 is 0 Å². The van der Waals surface area contributed by atoms with Crippen molar-refractivity contribution in [1.82, 2.24) is 16.0 Å². The highest BCUT2D eigenvalue weighted by Crippen LogP contribution is 2.18. The van der Waals surface area contributed by atoms with E-state index in [4.69, 9.17) is 24.3 Å². The number of benzene rings is 4. The predicted octanol–water partition coefficient (Wildman–Crippen LogP) is 8.13. The van der Waals surface area contributed by atoms with E-state index in [1.165, 1.54) is 19.4 Å². The third-order valence-electron chi connectivity index (χ3n) is 8.93. The maximum Gasteiger partial charge on any atom is 0.246 e. The van der Waals surface area contributed by atoms with Crippen LogP contribution < -0.4 is 36.6 Å². The number of nitrogens with one attached hydrogen (secondary N) is 4. The Balaban J connectivity index is 0.000000532. The number of alkyl halides is 2. The average Bonchev–Trinajstić information content (AvgIpc) is 3.31. The van der Waals surface area contributed by atoms with Crippen molar-refractivity contribution in [2.24, 2.45) is 0 Å². The van der Waals surface area contributed by atoms with Crippen molar-refractivity contribution in [3.63, 3.8) is 0 Å². The number of halogens is 6. The molecule has 3 amide bonds. The third kappa shape index (κ3) is 26.2. The van der Waals surface area contributed by atoms with Gasteiger partial charge in [-0.1, -0.05) is 25.1 Å². The van der Waals surface area contributed by atoms with Gasteiger partial charge in [0.15, 0.2) is 12.3 Å². The van der Waals surface area contributed by atoms with E-state index in [0.717, 1.165) is 47.8 Å². The zero-order valence-corrected chi connectivity index (χ0v) is 39.2. The van der Waals surface area contributed by atoms with Crippen LogP contribution in [-0.4, -0.2) is 92.9 Å². The molecule has 4 aromatic carbocycles.